The number of hydrogen-bond donors (Lipinski definition) is 3. The van der Waals surface area contributed by atoms with Gasteiger partial charge >= 0.3 is 6.01 Å². The molecule has 6 rings (SSSR count). The first-order chi connectivity index (χ1) is 18.4. The molecule has 2 fully saturated rings. The average molecular weight is 560 g/mol. The van der Waals surface area contributed by atoms with Crippen molar-refractivity contribution in [2.45, 2.75) is 37.8 Å². The van der Waals surface area contributed by atoms with Crippen LogP contribution in [-0.2, 0) is 0 Å². The van der Waals surface area contributed by atoms with Crippen LogP contribution in [0.25, 0.3) is 32.2 Å². The van der Waals surface area contributed by atoms with E-state index in [1.54, 1.807) is 6.07 Å². The maximum atomic E-state index is 16.4. The van der Waals surface area contributed by atoms with Crippen molar-refractivity contribution in [3.63, 3.8) is 0 Å². The van der Waals surface area contributed by atoms with Crippen LogP contribution in [0.3, 0.4) is 0 Å². The number of nitrogens with one attached hydrogen (secondary N) is 2. The SMILES string of the molecule is CN1CCCC1COc1nc(NC2CCNCC2)c2cc(Cl)c(-c3ccc(F)c4sc(N)nc34)c(F)c2n1. The summed E-state index contributed by atoms with van der Waals surface area (Å²) in [7, 11) is 2.06. The second-order valence-electron chi connectivity index (χ2n) is 9.88. The van der Waals surface area contributed by atoms with Gasteiger partial charge in [0.15, 0.2) is 10.9 Å². The van der Waals surface area contributed by atoms with Crippen molar-refractivity contribution in [2.75, 3.05) is 44.3 Å². The molecular formula is C26H28ClF2N7OS. The quantitative estimate of drug-likeness (QED) is 0.301. The van der Waals surface area contributed by atoms with Crippen LogP contribution >= 0.6 is 22.9 Å². The van der Waals surface area contributed by atoms with Gasteiger partial charge < -0.3 is 26.0 Å². The number of rotatable bonds is 6. The maximum absolute atomic E-state index is 16.4. The van der Waals surface area contributed by atoms with Gasteiger partial charge in [-0.25, -0.2) is 13.8 Å². The van der Waals surface area contributed by atoms with Crippen LogP contribution in [0.1, 0.15) is 25.7 Å². The van der Waals surface area contributed by atoms with Crippen LogP contribution in [0.2, 0.25) is 5.02 Å². The number of likely N-dealkylation sites (tertiary alicyclic amines) is 1. The Morgan fingerprint density at radius 1 is 1.18 bits per heavy atom. The Bertz CT molecular complexity index is 1510. The number of fused-ring (bicyclic) bond motifs is 2. The van der Waals surface area contributed by atoms with Gasteiger partial charge in [0, 0.05) is 28.6 Å². The third-order valence-corrected chi connectivity index (χ3v) is 8.59. The van der Waals surface area contributed by atoms with E-state index in [1.165, 1.54) is 12.1 Å². The highest BCUT2D eigenvalue weighted by molar-refractivity contribution is 7.22. The maximum Gasteiger partial charge on any atom is 0.319 e. The monoisotopic (exact) mass is 559 g/mol. The molecule has 0 radical (unpaired) electrons. The molecule has 0 spiro atoms. The molecule has 1 atom stereocenters. The van der Waals surface area contributed by atoms with Crippen LogP contribution in [-0.4, -0.2) is 65.2 Å². The molecule has 0 saturated carbocycles. The largest absolute Gasteiger partial charge is 0.462 e. The fourth-order valence-electron chi connectivity index (χ4n) is 5.31. The van der Waals surface area contributed by atoms with Gasteiger partial charge in [0.05, 0.1) is 15.2 Å². The van der Waals surface area contributed by atoms with E-state index < -0.39 is 11.6 Å². The van der Waals surface area contributed by atoms with E-state index >= 15 is 4.39 Å². The highest BCUT2D eigenvalue weighted by Crippen LogP contribution is 2.42. The van der Waals surface area contributed by atoms with Crippen LogP contribution in [0.5, 0.6) is 6.01 Å². The molecule has 38 heavy (non-hydrogen) atoms. The van der Waals surface area contributed by atoms with Crippen LogP contribution < -0.4 is 21.1 Å². The van der Waals surface area contributed by atoms with Gasteiger partial charge in [0.2, 0.25) is 0 Å². The molecular weight excluding hydrogens is 532 g/mol. The van der Waals surface area contributed by atoms with Crippen molar-refractivity contribution in [1.82, 2.24) is 25.2 Å². The molecule has 2 aliphatic rings. The number of anilines is 2. The molecule has 0 amide bonds. The first-order valence-corrected chi connectivity index (χ1v) is 13.9. The molecule has 8 nitrogen and oxygen atoms in total. The fourth-order valence-corrected chi connectivity index (χ4v) is 6.37. The molecule has 4 heterocycles. The van der Waals surface area contributed by atoms with Gasteiger partial charge in [-0.1, -0.05) is 22.9 Å². The lowest BCUT2D eigenvalue weighted by molar-refractivity contribution is 0.188. The van der Waals surface area contributed by atoms with E-state index in [9.17, 15) is 4.39 Å². The fraction of sp³-hybridized carbons (Fsp3) is 0.423. The van der Waals surface area contributed by atoms with Gasteiger partial charge in [-0.2, -0.15) is 9.97 Å². The predicted molar refractivity (Wildman–Crippen MR) is 148 cm³/mol. The number of hydrogen-bond acceptors (Lipinski definition) is 9. The summed E-state index contributed by atoms with van der Waals surface area (Å²) in [6.07, 6.45) is 3.94. The molecule has 2 aliphatic heterocycles. The first kappa shape index (κ1) is 25.4. The van der Waals surface area contributed by atoms with E-state index in [-0.39, 0.29) is 49.5 Å². The van der Waals surface area contributed by atoms with Crippen LogP contribution in [0.4, 0.5) is 19.7 Å². The summed E-state index contributed by atoms with van der Waals surface area (Å²) in [5, 5.41) is 7.60. The molecule has 2 aromatic heterocycles. The second kappa shape index (κ2) is 10.4. The Labute approximate surface area is 227 Å². The summed E-state index contributed by atoms with van der Waals surface area (Å²) in [6.45, 7) is 3.19. The van der Waals surface area contributed by atoms with Gasteiger partial charge in [-0.15, -0.1) is 0 Å². The number of piperidine rings is 1. The summed E-state index contributed by atoms with van der Waals surface area (Å²) < 4.78 is 37.1. The van der Waals surface area contributed by atoms with E-state index in [1.807, 2.05) is 0 Å². The lowest BCUT2D eigenvalue weighted by Crippen LogP contribution is -2.35. The number of nitrogens with two attached hydrogens (primary N) is 1. The molecule has 200 valence electrons. The second-order valence-corrected chi connectivity index (χ2v) is 11.3. The van der Waals surface area contributed by atoms with Gasteiger partial charge in [0.25, 0.3) is 0 Å². The molecule has 2 saturated heterocycles. The number of thiazole rings is 1. The lowest BCUT2D eigenvalue weighted by Gasteiger charge is -2.25. The summed E-state index contributed by atoms with van der Waals surface area (Å²) in [5.41, 5.74) is 6.63. The zero-order valence-electron chi connectivity index (χ0n) is 20.9. The summed E-state index contributed by atoms with van der Waals surface area (Å²) in [6, 6.07) is 4.91. The lowest BCUT2D eigenvalue weighted by atomic mass is 10.0. The normalized spacial score (nSPS) is 19.0. The van der Waals surface area contributed by atoms with E-state index in [0.29, 0.717) is 23.4 Å². The minimum atomic E-state index is -0.648. The smallest absolute Gasteiger partial charge is 0.319 e. The predicted octanol–water partition coefficient (Wildman–Crippen LogP) is 5.06. The van der Waals surface area contributed by atoms with E-state index in [2.05, 4.69) is 37.5 Å². The molecule has 12 heteroatoms. The van der Waals surface area contributed by atoms with Crippen LogP contribution in [0, 0.1) is 11.6 Å². The Balaban J connectivity index is 1.47. The van der Waals surface area contributed by atoms with Crippen molar-refractivity contribution in [3.05, 3.63) is 34.9 Å². The highest BCUT2D eigenvalue weighted by Gasteiger charge is 2.26. The van der Waals surface area contributed by atoms with Crippen molar-refractivity contribution >= 4 is 55.0 Å². The van der Waals surface area contributed by atoms with Gasteiger partial charge in [-0.05, 0) is 70.6 Å². The van der Waals surface area contributed by atoms with Crippen molar-refractivity contribution in [2.24, 2.45) is 0 Å². The molecule has 1 unspecified atom stereocenters. The molecule has 0 bridgehead atoms. The number of aromatic nitrogens is 3. The molecule has 0 aliphatic carbocycles. The molecule has 4 aromatic rings. The van der Waals surface area contributed by atoms with Gasteiger partial charge in [0.1, 0.15) is 23.8 Å². The summed E-state index contributed by atoms with van der Waals surface area (Å²) in [5.74, 6) is -0.643. The Kier molecular flexibility index (Phi) is 6.93. The van der Waals surface area contributed by atoms with Gasteiger partial charge in [-0.3, -0.25) is 0 Å². The standard InChI is InChI=1S/C26H28ClF2N7OS/c1-36-10-2-3-14(36)12-37-26-34-21-16(24(35-26)32-13-6-8-31-9-7-13)11-17(27)19(20(21)29)15-4-5-18(28)23-22(15)33-25(30)38-23/h4-5,11,13-14,31H,2-3,6-10,12H2,1H3,(H2,30,33)(H,32,34,35). The summed E-state index contributed by atoms with van der Waals surface area (Å²) >= 11 is 7.70. The third kappa shape index (κ3) is 4.72. The number of nitrogens with zero attached hydrogens (tertiary/aromatic N) is 4. The molecule has 4 N–H and O–H groups in total. The average Bonchev–Trinajstić information content (AvgIpc) is 3.50. The third-order valence-electron chi connectivity index (χ3n) is 7.40. The number of likely N-dealkylation sites (N-methyl/N-ethyl adjacent to an activating group) is 1. The van der Waals surface area contributed by atoms with Crippen molar-refractivity contribution in [3.8, 4) is 17.1 Å². The minimum absolute atomic E-state index is 0.0753. The number of benzene rings is 2. The van der Waals surface area contributed by atoms with Crippen LogP contribution in [0.15, 0.2) is 18.2 Å². The zero-order valence-corrected chi connectivity index (χ0v) is 22.4. The Morgan fingerprint density at radius 3 is 2.76 bits per heavy atom. The van der Waals surface area contributed by atoms with E-state index in [4.69, 9.17) is 22.1 Å². The van der Waals surface area contributed by atoms with Crippen molar-refractivity contribution < 1.29 is 13.5 Å². The van der Waals surface area contributed by atoms with E-state index in [0.717, 1.165) is 56.7 Å². The Hall–Kier alpha value is -2.86. The number of halogens is 3. The Morgan fingerprint density at radius 2 is 2.00 bits per heavy atom. The number of ether oxygens (including phenoxy) is 1. The summed E-state index contributed by atoms with van der Waals surface area (Å²) in [4.78, 5) is 15.6. The number of nitrogen functional groups attached to an aromatic ring is 1. The molecule has 2 aromatic carbocycles. The highest BCUT2D eigenvalue weighted by atomic mass is 35.5. The topological polar surface area (TPSA) is 101 Å². The zero-order chi connectivity index (χ0) is 26.4. The van der Waals surface area contributed by atoms with Crippen molar-refractivity contribution in [1.29, 1.82) is 0 Å². The first-order valence-electron chi connectivity index (χ1n) is 12.7. The minimum Gasteiger partial charge on any atom is -0.462 e.